The second-order valence-electron chi connectivity index (χ2n) is 10.5. The standard InChI is InChI=1S/C15H25N3O5.C9H15NO3/c1-16(2)13(20)22-9-15(10-23-14(21)17(3)4)12(19)11-5-7-18(15)8-6-11;11-5-9(6-12)8(13)7-1-3-10(9)4-2-7/h11H,5-10H2,1-4H3;7,11-12H,1-6H2. The molecule has 0 radical (unpaired) electrons. The topological polar surface area (TPSA) is 140 Å². The maximum absolute atomic E-state index is 12.8. The molecule has 0 aromatic carbocycles. The van der Waals surface area contributed by atoms with E-state index in [0.29, 0.717) is 0 Å². The molecule has 12 heteroatoms. The molecular weight excluding hydrogens is 472 g/mol. The van der Waals surface area contributed by atoms with E-state index in [1.54, 1.807) is 28.2 Å². The number of nitrogens with zero attached hydrogens (tertiary/aromatic N) is 4. The predicted octanol–water partition coefficient (Wildman–Crippen LogP) is -0.579. The van der Waals surface area contributed by atoms with Crippen LogP contribution in [0.15, 0.2) is 0 Å². The van der Waals surface area contributed by atoms with Gasteiger partial charge >= 0.3 is 12.2 Å². The Labute approximate surface area is 212 Å². The largest absolute Gasteiger partial charge is 0.447 e. The lowest BCUT2D eigenvalue weighted by molar-refractivity contribution is -0.157. The van der Waals surface area contributed by atoms with Crippen LogP contribution in [0.25, 0.3) is 0 Å². The van der Waals surface area contributed by atoms with Gasteiger partial charge < -0.3 is 29.5 Å². The summed E-state index contributed by atoms with van der Waals surface area (Å²) in [5.74, 6) is 0.0727. The molecule has 2 N–H and O–H groups in total. The Kier molecular flexibility index (Phi) is 8.97. The van der Waals surface area contributed by atoms with Crippen molar-refractivity contribution in [2.24, 2.45) is 11.8 Å². The number of carbonyl (C=O) groups excluding carboxylic acids is 4. The average molecular weight is 513 g/mol. The first-order valence-corrected chi connectivity index (χ1v) is 12.5. The van der Waals surface area contributed by atoms with Crippen LogP contribution in [0.4, 0.5) is 9.59 Å². The molecule has 6 saturated heterocycles. The molecule has 0 aromatic heterocycles. The number of Topliss-reactive ketones (excluding diaryl/α,β-unsaturated/α-hetero) is 2. The molecule has 204 valence electrons. The van der Waals surface area contributed by atoms with E-state index in [-0.39, 0.29) is 49.8 Å². The van der Waals surface area contributed by atoms with Crippen molar-refractivity contribution in [3.63, 3.8) is 0 Å². The number of aliphatic hydroxyl groups is 2. The van der Waals surface area contributed by atoms with Crippen LogP contribution in [0.1, 0.15) is 25.7 Å². The third kappa shape index (κ3) is 5.22. The number of piperidine rings is 6. The molecule has 36 heavy (non-hydrogen) atoms. The van der Waals surface area contributed by atoms with Gasteiger partial charge in [-0.15, -0.1) is 0 Å². The quantitative estimate of drug-likeness (QED) is 0.475. The first-order valence-electron chi connectivity index (χ1n) is 12.5. The van der Waals surface area contributed by atoms with Crippen molar-refractivity contribution in [3.8, 4) is 0 Å². The number of carbonyl (C=O) groups is 4. The first kappa shape index (κ1) is 28.3. The minimum atomic E-state index is -1.06. The Hall–Kier alpha value is -2.28. The average Bonchev–Trinajstić information content (AvgIpc) is 2.89. The van der Waals surface area contributed by atoms with Gasteiger partial charge in [0.15, 0.2) is 11.6 Å². The second kappa shape index (κ2) is 11.4. The Bertz CT molecular complexity index is 804. The van der Waals surface area contributed by atoms with E-state index in [0.717, 1.165) is 51.9 Å². The Morgan fingerprint density at radius 2 is 1.08 bits per heavy atom. The number of aliphatic hydroxyl groups excluding tert-OH is 2. The van der Waals surface area contributed by atoms with E-state index < -0.39 is 23.3 Å². The molecule has 12 nitrogen and oxygen atoms in total. The van der Waals surface area contributed by atoms with Crippen LogP contribution in [0.2, 0.25) is 0 Å². The lowest BCUT2D eigenvalue weighted by atomic mass is 9.74. The van der Waals surface area contributed by atoms with Crippen molar-refractivity contribution in [1.29, 1.82) is 0 Å². The van der Waals surface area contributed by atoms with E-state index in [4.69, 9.17) is 9.47 Å². The Balaban J connectivity index is 0.000000233. The number of ether oxygens (including phenoxy) is 2. The summed E-state index contributed by atoms with van der Waals surface area (Å²) in [6, 6.07) is 0. The Morgan fingerprint density at radius 1 is 0.750 bits per heavy atom. The number of ketones is 2. The van der Waals surface area contributed by atoms with Gasteiger partial charge in [-0.05, 0) is 38.8 Å². The van der Waals surface area contributed by atoms with E-state index in [1.165, 1.54) is 9.80 Å². The molecule has 6 heterocycles. The molecule has 0 aromatic rings. The highest BCUT2D eigenvalue weighted by Crippen LogP contribution is 2.37. The van der Waals surface area contributed by atoms with Crippen LogP contribution < -0.4 is 0 Å². The van der Waals surface area contributed by atoms with Crippen molar-refractivity contribution in [2.45, 2.75) is 36.8 Å². The summed E-state index contributed by atoms with van der Waals surface area (Å²) >= 11 is 0. The first-order chi connectivity index (χ1) is 17.0. The summed E-state index contributed by atoms with van der Waals surface area (Å²) in [5, 5.41) is 18.4. The maximum Gasteiger partial charge on any atom is 0.409 e. The van der Waals surface area contributed by atoms with Gasteiger partial charge in [0.05, 0.1) is 13.2 Å². The molecule has 4 bridgehead atoms. The smallest absolute Gasteiger partial charge is 0.409 e. The van der Waals surface area contributed by atoms with Crippen molar-refractivity contribution < 1.29 is 38.9 Å². The van der Waals surface area contributed by atoms with E-state index in [9.17, 15) is 29.4 Å². The van der Waals surface area contributed by atoms with E-state index in [1.807, 2.05) is 9.80 Å². The van der Waals surface area contributed by atoms with Gasteiger partial charge in [-0.1, -0.05) is 0 Å². The van der Waals surface area contributed by atoms with Crippen LogP contribution in [0.5, 0.6) is 0 Å². The van der Waals surface area contributed by atoms with Crippen LogP contribution in [0.3, 0.4) is 0 Å². The van der Waals surface area contributed by atoms with Crippen molar-refractivity contribution in [2.75, 3.05) is 80.8 Å². The van der Waals surface area contributed by atoms with Crippen molar-refractivity contribution in [1.82, 2.24) is 19.6 Å². The second-order valence-corrected chi connectivity index (χ2v) is 10.5. The minimum absolute atomic E-state index is 0.00751. The zero-order valence-electron chi connectivity index (χ0n) is 21.8. The van der Waals surface area contributed by atoms with Gasteiger partial charge in [0.25, 0.3) is 0 Å². The summed E-state index contributed by atoms with van der Waals surface area (Å²) in [6.07, 6.45) is 2.37. The van der Waals surface area contributed by atoms with Gasteiger partial charge in [0.1, 0.15) is 24.3 Å². The molecular formula is C24H40N4O8. The summed E-state index contributed by atoms with van der Waals surface area (Å²) in [6.45, 7) is 2.46. The molecule has 0 unspecified atom stereocenters. The van der Waals surface area contributed by atoms with E-state index in [2.05, 4.69) is 0 Å². The third-order valence-electron chi connectivity index (χ3n) is 7.98. The van der Waals surface area contributed by atoms with Gasteiger partial charge in [-0.25, -0.2) is 9.59 Å². The zero-order valence-corrected chi connectivity index (χ0v) is 21.8. The number of rotatable bonds is 6. The minimum Gasteiger partial charge on any atom is -0.447 e. The molecule has 6 fully saturated rings. The van der Waals surface area contributed by atoms with Crippen molar-refractivity contribution >= 4 is 23.8 Å². The SMILES string of the molecule is CN(C)C(=O)OCC1(COC(=O)N(C)C)C(=O)C2CCN1CC2.O=C1C2CCN(CC2)C1(CO)CO. The number of hydrogen-bond acceptors (Lipinski definition) is 10. The predicted molar refractivity (Wildman–Crippen MR) is 128 cm³/mol. The molecule has 2 amide bonds. The van der Waals surface area contributed by atoms with Crippen LogP contribution >= 0.6 is 0 Å². The Morgan fingerprint density at radius 3 is 1.33 bits per heavy atom. The van der Waals surface area contributed by atoms with Gasteiger partial charge in [-0.2, -0.15) is 0 Å². The monoisotopic (exact) mass is 512 g/mol. The normalized spacial score (nSPS) is 29.2. The fourth-order valence-corrected chi connectivity index (χ4v) is 5.60. The fourth-order valence-electron chi connectivity index (χ4n) is 5.60. The van der Waals surface area contributed by atoms with Gasteiger partial charge in [-0.3, -0.25) is 19.4 Å². The molecule has 0 aliphatic carbocycles. The third-order valence-corrected chi connectivity index (χ3v) is 7.98. The summed E-state index contributed by atoms with van der Waals surface area (Å²) in [4.78, 5) is 54.6. The lowest BCUT2D eigenvalue weighted by Gasteiger charge is -2.51. The van der Waals surface area contributed by atoms with Crippen LogP contribution in [0, 0.1) is 11.8 Å². The zero-order chi connectivity index (χ0) is 26.7. The molecule has 0 saturated carbocycles. The summed E-state index contributed by atoms with van der Waals surface area (Å²) in [5.41, 5.74) is -2.01. The highest BCUT2D eigenvalue weighted by molar-refractivity contribution is 5.93. The molecule has 6 aliphatic rings. The lowest BCUT2D eigenvalue weighted by Crippen LogP contribution is -2.69. The number of amides is 2. The van der Waals surface area contributed by atoms with Crippen LogP contribution in [-0.2, 0) is 19.1 Å². The summed E-state index contributed by atoms with van der Waals surface area (Å²) < 4.78 is 10.6. The highest BCUT2D eigenvalue weighted by atomic mass is 16.6. The molecule has 6 aliphatic heterocycles. The van der Waals surface area contributed by atoms with Gasteiger partial charge in [0.2, 0.25) is 0 Å². The highest BCUT2D eigenvalue weighted by Gasteiger charge is 2.55. The van der Waals surface area contributed by atoms with E-state index >= 15 is 0 Å². The maximum atomic E-state index is 12.8. The number of fused-ring (bicyclic) bond motifs is 6. The number of hydrogen-bond donors (Lipinski definition) is 2. The van der Waals surface area contributed by atoms with Crippen LogP contribution in [-0.4, -0.2) is 145 Å². The van der Waals surface area contributed by atoms with Gasteiger partial charge in [0, 0.05) is 53.1 Å². The molecule has 0 atom stereocenters. The summed E-state index contributed by atoms with van der Waals surface area (Å²) in [7, 11) is 6.32. The molecule has 0 spiro atoms. The van der Waals surface area contributed by atoms with Crippen molar-refractivity contribution in [3.05, 3.63) is 0 Å². The fraction of sp³-hybridized carbons (Fsp3) is 0.833. The molecule has 6 rings (SSSR count).